The van der Waals surface area contributed by atoms with E-state index < -0.39 is 17.4 Å². The van der Waals surface area contributed by atoms with Crippen LogP contribution in [0.4, 0.5) is 0 Å². The van der Waals surface area contributed by atoms with Crippen LogP contribution < -0.4 is 5.32 Å². The predicted octanol–water partition coefficient (Wildman–Crippen LogP) is 3.20. The lowest BCUT2D eigenvalue weighted by Crippen LogP contribution is -2.55. The fraction of sp³-hybridized carbons (Fsp3) is 0.263. The van der Waals surface area contributed by atoms with E-state index in [4.69, 9.17) is 4.74 Å². The summed E-state index contributed by atoms with van der Waals surface area (Å²) in [6.07, 6.45) is 0. The Balaban J connectivity index is 1.99. The van der Waals surface area contributed by atoms with Gasteiger partial charge in [-0.05, 0) is 36.8 Å². The summed E-state index contributed by atoms with van der Waals surface area (Å²) in [6.45, 7) is 1.31. The van der Waals surface area contributed by atoms with Crippen molar-refractivity contribution < 1.29 is 19.4 Å². The minimum absolute atomic E-state index is 0.111. The van der Waals surface area contributed by atoms with Crippen molar-refractivity contribution in [2.24, 2.45) is 0 Å². The first-order valence-electron chi connectivity index (χ1n) is 7.76. The molecule has 0 spiro atoms. The average molecular weight is 359 g/mol. The van der Waals surface area contributed by atoms with Crippen LogP contribution in [0.5, 0.6) is 0 Å². The molecule has 0 saturated heterocycles. The molecule has 0 aromatic heterocycles. The van der Waals surface area contributed by atoms with Gasteiger partial charge in [0.25, 0.3) is 5.91 Å². The molecule has 0 aliphatic rings. The zero-order valence-corrected chi connectivity index (χ0v) is 15.0. The third-order valence-corrected chi connectivity index (χ3v) is 4.74. The molecule has 1 atom stereocenters. The third-order valence-electron chi connectivity index (χ3n) is 3.66. The van der Waals surface area contributed by atoms with Gasteiger partial charge in [-0.1, -0.05) is 30.3 Å². The second-order valence-electron chi connectivity index (χ2n) is 5.82. The number of carbonyl (C=O) groups excluding carboxylic acids is 1. The van der Waals surface area contributed by atoms with Crippen molar-refractivity contribution in [3.63, 3.8) is 0 Å². The number of hydrogen-bond acceptors (Lipinski definition) is 4. The largest absolute Gasteiger partial charge is 0.479 e. The van der Waals surface area contributed by atoms with Gasteiger partial charge < -0.3 is 15.2 Å². The smallest absolute Gasteiger partial charge is 0.331 e. The van der Waals surface area contributed by atoms with Gasteiger partial charge in [-0.25, -0.2) is 4.79 Å². The molecule has 2 N–H and O–H groups in total. The predicted molar refractivity (Wildman–Crippen MR) is 97.8 cm³/mol. The third kappa shape index (κ3) is 5.34. The Bertz CT molecular complexity index is 718. The van der Waals surface area contributed by atoms with Gasteiger partial charge in [-0.15, -0.1) is 11.8 Å². The number of nitrogens with one attached hydrogen (secondary N) is 1. The van der Waals surface area contributed by atoms with E-state index in [1.54, 1.807) is 23.9 Å². The summed E-state index contributed by atoms with van der Waals surface area (Å²) in [6, 6.07) is 17.2. The zero-order chi connectivity index (χ0) is 18.3. The highest BCUT2D eigenvalue weighted by Crippen LogP contribution is 2.22. The molecule has 1 unspecified atom stereocenters. The van der Waals surface area contributed by atoms with Crippen molar-refractivity contribution in [1.29, 1.82) is 0 Å². The number of carboxylic acid groups (broad SMARTS) is 1. The molecule has 2 aromatic rings. The van der Waals surface area contributed by atoms with Crippen LogP contribution in [0.15, 0.2) is 59.5 Å². The minimum atomic E-state index is -1.46. The summed E-state index contributed by atoms with van der Waals surface area (Å²) in [4.78, 5) is 24.8. The first-order valence-corrected chi connectivity index (χ1v) is 8.75. The fourth-order valence-corrected chi connectivity index (χ4v) is 3.07. The maximum Gasteiger partial charge on any atom is 0.331 e. The lowest BCUT2D eigenvalue weighted by molar-refractivity contribution is -0.145. The SMILES string of the molecule is COCC(C)(NC(=O)c1ccc(CSc2ccccc2)cc1)C(=O)O. The number of aliphatic carboxylic acids is 1. The molecule has 6 heteroatoms. The summed E-state index contributed by atoms with van der Waals surface area (Å²) in [5.41, 5.74) is 0.0357. The molecule has 0 aliphatic carbocycles. The van der Waals surface area contributed by atoms with Crippen molar-refractivity contribution in [3.05, 3.63) is 65.7 Å². The van der Waals surface area contributed by atoms with Crippen molar-refractivity contribution in [2.45, 2.75) is 23.1 Å². The Labute approximate surface area is 151 Å². The Morgan fingerprint density at radius 1 is 1.12 bits per heavy atom. The average Bonchev–Trinajstić information content (AvgIpc) is 2.61. The van der Waals surface area contributed by atoms with Gasteiger partial charge in [0.05, 0.1) is 6.61 Å². The number of rotatable bonds is 8. The molecule has 0 saturated carbocycles. The summed E-state index contributed by atoms with van der Waals surface area (Å²) in [5.74, 6) is -0.787. The lowest BCUT2D eigenvalue weighted by Gasteiger charge is -2.25. The van der Waals surface area contributed by atoms with Crippen molar-refractivity contribution in [2.75, 3.05) is 13.7 Å². The number of ether oxygens (including phenoxy) is 1. The number of amides is 1. The second-order valence-corrected chi connectivity index (χ2v) is 6.87. The van der Waals surface area contributed by atoms with Crippen LogP contribution in [0.25, 0.3) is 0 Å². The molecular weight excluding hydrogens is 338 g/mol. The van der Waals surface area contributed by atoms with Crippen LogP contribution in [-0.2, 0) is 15.3 Å². The van der Waals surface area contributed by atoms with Crippen LogP contribution in [0.1, 0.15) is 22.8 Å². The molecule has 0 heterocycles. The molecule has 0 radical (unpaired) electrons. The molecule has 0 aliphatic heterocycles. The molecular formula is C19H21NO4S. The quantitative estimate of drug-likeness (QED) is 0.708. The van der Waals surface area contributed by atoms with Gasteiger partial charge in [0, 0.05) is 23.3 Å². The maximum atomic E-state index is 12.3. The van der Waals surface area contributed by atoms with E-state index in [1.165, 1.54) is 18.9 Å². The summed E-state index contributed by atoms with van der Waals surface area (Å²) >= 11 is 1.71. The number of carbonyl (C=O) groups is 2. The number of thioether (sulfide) groups is 1. The Morgan fingerprint density at radius 3 is 2.32 bits per heavy atom. The van der Waals surface area contributed by atoms with Gasteiger partial charge in [0.2, 0.25) is 0 Å². The van der Waals surface area contributed by atoms with Crippen molar-refractivity contribution in [3.8, 4) is 0 Å². The lowest BCUT2D eigenvalue weighted by atomic mass is 10.0. The van der Waals surface area contributed by atoms with Gasteiger partial charge >= 0.3 is 5.97 Å². The summed E-state index contributed by atoms with van der Waals surface area (Å²) < 4.78 is 4.90. The van der Waals surface area contributed by atoms with E-state index >= 15 is 0 Å². The van der Waals surface area contributed by atoms with E-state index in [-0.39, 0.29) is 6.61 Å². The fourth-order valence-electron chi connectivity index (χ4n) is 2.20. The second kappa shape index (κ2) is 8.69. The maximum absolute atomic E-state index is 12.3. The van der Waals surface area contributed by atoms with Crippen LogP contribution in [-0.4, -0.2) is 36.2 Å². The number of benzene rings is 2. The topological polar surface area (TPSA) is 75.6 Å². The normalized spacial score (nSPS) is 13.0. The van der Waals surface area contributed by atoms with Crippen LogP contribution in [0.2, 0.25) is 0 Å². The van der Waals surface area contributed by atoms with E-state index in [0.29, 0.717) is 5.56 Å². The van der Waals surface area contributed by atoms with Gasteiger partial charge in [-0.2, -0.15) is 0 Å². The monoisotopic (exact) mass is 359 g/mol. The summed E-state index contributed by atoms with van der Waals surface area (Å²) in [7, 11) is 1.40. The molecule has 0 bridgehead atoms. The van der Waals surface area contributed by atoms with Crippen molar-refractivity contribution >= 4 is 23.6 Å². The molecule has 1 amide bonds. The first kappa shape index (κ1) is 19.0. The van der Waals surface area contributed by atoms with Crippen LogP contribution in [0, 0.1) is 0 Å². The molecule has 2 rings (SSSR count). The highest BCUT2D eigenvalue weighted by atomic mass is 32.2. The zero-order valence-electron chi connectivity index (χ0n) is 14.2. The first-order chi connectivity index (χ1) is 11.9. The van der Waals surface area contributed by atoms with Crippen LogP contribution in [0.3, 0.4) is 0 Å². The van der Waals surface area contributed by atoms with Crippen molar-refractivity contribution in [1.82, 2.24) is 5.32 Å². The highest BCUT2D eigenvalue weighted by molar-refractivity contribution is 7.98. The number of hydrogen-bond donors (Lipinski definition) is 2. The Morgan fingerprint density at radius 2 is 1.76 bits per heavy atom. The van der Waals surface area contributed by atoms with Crippen LogP contribution >= 0.6 is 11.8 Å². The molecule has 2 aromatic carbocycles. The minimum Gasteiger partial charge on any atom is -0.479 e. The standard InChI is InChI=1S/C19H21NO4S/c1-19(13-24-2,18(22)23)20-17(21)15-10-8-14(9-11-15)12-25-16-6-4-3-5-7-16/h3-11H,12-13H2,1-2H3,(H,20,21)(H,22,23). The van der Waals surface area contributed by atoms with Gasteiger partial charge in [0.15, 0.2) is 5.54 Å². The van der Waals surface area contributed by atoms with Gasteiger partial charge in [-0.3, -0.25) is 4.79 Å². The molecule has 132 valence electrons. The van der Waals surface area contributed by atoms with E-state index in [9.17, 15) is 14.7 Å². The molecule has 25 heavy (non-hydrogen) atoms. The Kier molecular flexibility index (Phi) is 6.61. The number of methoxy groups -OCH3 is 1. The number of carboxylic acids is 1. The summed E-state index contributed by atoms with van der Waals surface area (Å²) in [5, 5.41) is 11.8. The van der Waals surface area contributed by atoms with E-state index in [2.05, 4.69) is 17.4 Å². The van der Waals surface area contributed by atoms with E-state index in [0.717, 1.165) is 11.3 Å². The molecule has 0 fully saturated rings. The highest BCUT2D eigenvalue weighted by Gasteiger charge is 2.35. The van der Waals surface area contributed by atoms with Gasteiger partial charge in [0.1, 0.15) is 0 Å². The van der Waals surface area contributed by atoms with E-state index in [1.807, 2.05) is 30.3 Å². The Hall–Kier alpha value is -2.31. The molecule has 5 nitrogen and oxygen atoms in total.